The maximum absolute atomic E-state index is 12.7. The summed E-state index contributed by atoms with van der Waals surface area (Å²) < 4.78 is 14.2. The number of hydrogen-bond donors (Lipinski definition) is 1. The van der Waals surface area contributed by atoms with E-state index in [1.54, 1.807) is 25.3 Å². The van der Waals surface area contributed by atoms with Crippen LogP contribution in [-0.2, 0) is 19.7 Å². The first-order valence-electron chi connectivity index (χ1n) is 9.78. The fraction of sp³-hybridized carbons (Fsp3) is 0.304. The lowest BCUT2D eigenvalue weighted by molar-refractivity contribution is 0.0950. The lowest BCUT2D eigenvalue weighted by Crippen LogP contribution is -2.23. The number of nitrogens with one attached hydrogen (secondary N) is 1. The van der Waals surface area contributed by atoms with E-state index in [1.165, 1.54) is 0 Å². The molecule has 3 rings (SSSR count). The Kier molecular flexibility index (Phi) is 7.15. The van der Waals surface area contributed by atoms with Crippen molar-refractivity contribution in [3.05, 3.63) is 75.0 Å². The minimum Gasteiger partial charge on any atom is -0.496 e. The molecule has 0 saturated carbocycles. The van der Waals surface area contributed by atoms with Crippen molar-refractivity contribution in [2.45, 2.75) is 40.5 Å². The third-order valence-electron chi connectivity index (χ3n) is 4.80. The number of ether oxygens (including phenoxy) is 2. The highest BCUT2D eigenvalue weighted by Gasteiger charge is 2.13. The van der Waals surface area contributed by atoms with Crippen LogP contribution in [0.1, 0.15) is 39.7 Å². The van der Waals surface area contributed by atoms with Crippen LogP contribution >= 0.6 is 15.9 Å². The number of carbonyl (C=O) groups is 1. The van der Waals surface area contributed by atoms with Crippen LogP contribution in [0.25, 0.3) is 0 Å². The van der Waals surface area contributed by atoms with Gasteiger partial charge in [-0.05, 0) is 72.1 Å². The van der Waals surface area contributed by atoms with E-state index in [-0.39, 0.29) is 5.91 Å². The summed E-state index contributed by atoms with van der Waals surface area (Å²) in [4.78, 5) is 12.7. The number of aryl methyl sites for hydroxylation is 3. The average molecular weight is 472 g/mol. The van der Waals surface area contributed by atoms with Crippen LogP contribution in [0.3, 0.4) is 0 Å². The van der Waals surface area contributed by atoms with Gasteiger partial charge in [0.1, 0.15) is 18.1 Å². The third-order valence-corrected chi connectivity index (χ3v) is 5.46. The predicted octanol–water partition coefficient (Wildman–Crippen LogP) is 4.80. The molecule has 0 aliphatic heterocycles. The van der Waals surface area contributed by atoms with E-state index in [2.05, 4.69) is 32.4 Å². The summed E-state index contributed by atoms with van der Waals surface area (Å²) >= 11 is 3.48. The fourth-order valence-electron chi connectivity index (χ4n) is 3.04. The Bertz CT molecular complexity index is 1050. The first-order chi connectivity index (χ1) is 14.4. The van der Waals surface area contributed by atoms with Gasteiger partial charge < -0.3 is 14.8 Å². The smallest absolute Gasteiger partial charge is 0.251 e. The fourth-order valence-corrected chi connectivity index (χ4v) is 3.49. The third kappa shape index (κ3) is 5.21. The van der Waals surface area contributed by atoms with E-state index in [0.29, 0.717) is 24.5 Å². The zero-order valence-corrected chi connectivity index (χ0v) is 19.2. The Labute approximate surface area is 185 Å². The van der Waals surface area contributed by atoms with Crippen molar-refractivity contribution in [1.82, 2.24) is 15.1 Å². The van der Waals surface area contributed by atoms with Gasteiger partial charge in [0.2, 0.25) is 0 Å². The van der Waals surface area contributed by atoms with Gasteiger partial charge in [-0.2, -0.15) is 5.10 Å². The molecule has 0 aliphatic rings. The molecule has 7 heteroatoms. The van der Waals surface area contributed by atoms with Crippen LogP contribution < -0.4 is 14.8 Å². The lowest BCUT2D eigenvalue weighted by Gasteiger charge is -2.14. The second kappa shape index (κ2) is 9.80. The largest absolute Gasteiger partial charge is 0.496 e. The Hall–Kier alpha value is -2.80. The van der Waals surface area contributed by atoms with E-state index < -0.39 is 0 Å². The molecule has 30 heavy (non-hydrogen) atoms. The summed E-state index contributed by atoms with van der Waals surface area (Å²) in [5.41, 5.74) is 4.33. The molecule has 1 amide bonds. The topological polar surface area (TPSA) is 65.4 Å². The SMILES string of the molecule is CCn1cc(Br)c(CNC(=O)c2ccc(OC)c(COc3cc(C)ccc3C)c2)n1. The van der Waals surface area contributed by atoms with E-state index in [0.717, 1.165) is 39.2 Å². The lowest BCUT2D eigenvalue weighted by atomic mass is 10.1. The number of halogens is 1. The van der Waals surface area contributed by atoms with Crippen molar-refractivity contribution < 1.29 is 14.3 Å². The zero-order valence-electron chi connectivity index (χ0n) is 17.7. The standard InChI is InChI=1S/C23H26BrN3O3/c1-5-27-13-19(24)20(26-27)12-25-23(28)17-8-9-21(29-4)18(11-17)14-30-22-10-15(2)6-7-16(22)3/h6-11,13H,5,12,14H2,1-4H3,(H,25,28). The summed E-state index contributed by atoms with van der Waals surface area (Å²) in [6, 6.07) is 11.4. The van der Waals surface area contributed by atoms with E-state index in [4.69, 9.17) is 9.47 Å². The highest BCUT2D eigenvalue weighted by Crippen LogP contribution is 2.25. The summed E-state index contributed by atoms with van der Waals surface area (Å²) in [5, 5.41) is 7.35. The van der Waals surface area contributed by atoms with Crippen LogP contribution in [0.4, 0.5) is 0 Å². The molecule has 0 aliphatic carbocycles. The van der Waals surface area contributed by atoms with Crippen LogP contribution in [0, 0.1) is 13.8 Å². The monoisotopic (exact) mass is 471 g/mol. The number of aromatic nitrogens is 2. The first-order valence-corrected chi connectivity index (χ1v) is 10.6. The van der Waals surface area contributed by atoms with Crippen LogP contribution in [-0.4, -0.2) is 22.8 Å². The molecule has 3 aromatic rings. The van der Waals surface area contributed by atoms with E-state index >= 15 is 0 Å². The molecule has 6 nitrogen and oxygen atoms in total. The summed E-state index contributed by atoms with van der Waals surface area (Å²) in [7, 11) is 1.61. The predicted molar refractivity (Wildman–Crippen MR) is 120 cm³/mol. The van der Waals surface area contributed by atoms with Crippen LogP contribution in [0.15, 0.2) is 47.1 Å². The minimum atomic E-state index is -0.177. The first kappa shape index (κ1) is 21.9. The minimum absolute atomic E-state index is 0.177. The molecular weight excluding hydrogens is 446 g/mol. The number of methoxy groups -OCH3 is 1. The van der Waals surface area contributed by atoms with Gasteiger partial charge >= 0.3 is 0 Å². The number of rotatable bonds is 8. The Morgan fingerprint density at radius 2 is 1.97 bits per heavy atom. The highest BCUT2D eigenvalue weighted by molar-refractivity contribution is 9.10. The maximum atomic E-state index is 12.7. The van der Waals surface area contributed by atoms with E-state index in [9.17, 15) is 4.79 Å². The Morgan fingerprint density at radius 1 is 1.17 bits per heavy atom. The van der Waals surface area contributed by atoms with Crippen LogP contribution in [0.5, 0.6) is 11.5 Å². The molecule has 0 unspecified atom stereocenters. The van der Waals surface area contributed by atoms with Gasteiger partial charge in [0.15, 0.2) is 0 Å². The van der Waals surface area contributed by atoms with Gasteiger partial charge in [0, 0.05) is 23.9 Å². The molecule has 0 atom stereocenters. The Balaban J connectivity index is 1.71. The molecule has 0 radical (unpaired) electrons. The highest BCUT2D eigenvalue weighted by atomic mass is 79.9. The molecule has 2 aromatic carbocycles. The molecule has 1 aromatic heterocycles. The van der Waals surface area contributed by atoms with E-state index in [1.807, 2.05) is 43.8 Å². The molecule has 158 valence electrons. The molecule has 0 fully saturated rings. The summed E-state index contributed by atoms with van der Waals surface area (Å²) in [6.07, 6.45) is 1.90. The molecular formula is C23H26BrN3O3. The van der Waals surface area contributed by atoms with Crippen LogP contribution in [0.2, 0.25) is 0 Å². The molecule has 1 N–H and O–H groups in total. The van der Waals surface area contributed by atoms with Gasteiger partial charge in [-0.25, -0.2) is 0 Å². The van der Waals surface area contributed by atoms with Gasteiger partial charge in [-0.15, -0.1) is 0 Å². The molecule has 0 bridgehead atoms. The number of amides is 1. The average Bonchev–Trinajstić information content (AvgIpc) is 3.12. The number of carbonyl (C=O) groups excluding carboxylic acids is 1. The van der Waals surface area contributed by atoms with Crippen molar-refractivity contribution >= 4 is 21.8 Å². The summed E-state index contributed by atoms with van der Waals surface area (Å²) in [5.74, 6) is 1.33. The van der Waals surface area contributed by atoms with Crippen molar-refractivity contribution in [2.24, 2.45) is 0 Å². The van der Waals surface area contributed by atoms with Gasteiger partial charge in [-0.1, -0.05) is 12.1 Å². The number of hydrogen-bond acceptors (Lipinski definition) is 4. The summed E-state index contributed by atoms with van der Waals surface area (Å²) in [6.45, 7) is 7.47. The molecule has 1 heterocycles. The molecule has 0 spiro atoms. The van der Waals surface area contributed by atoms with Gasteiger partial charge in [0.05, 0.1) is 23.8 Å². The second-order valence-corrected chi connectivity index (χ2v) is 7.90. The van der Waals surface area contributed by atoms with Gasteiger partial charge in [-0.3, -0.25) is 9.48 Å². The van der Waals surface area contributed by atoms with Crippen molar-refractivity contribution in [2.75, 3.05) is 7.11 Å². The molecule has 0 saturated heterocycles. The number of nitrogens with zero attached hydrogens (tertiary/aromatic N) is 2. The Morgan fingerprint density at radius 3 is 2.67 bits per heavy atom. The van der Waals surface area contributed by atoms with Crippen molar-refractivity contribution in [1.29, 1.82) is 0 Å². The quantitative estimate of drug-likeness (QED) is 0.512. The van der Waals surface area contributed by atoms with Gasteiger partial charge in [0.25, 0.3) is 5.91 Å². The van der Waals surface area contributed by atoms with Crippen molar-refractivity contribution in [3.63, 3.8) is 0 Å². The maximum Gasteiger partial charge on any atom is 0.251 e. The second-order valence-electron chi connectivity index (χ2n) is 7.05. The number of benzene rings is 2. The normalized spacial score (nSPS) is 10.7. The zero-order chi connectivity index (χ0) is 21.7. The van der Waals surface area contributed by atoms with Crippen molar-refractivity contribution in [3.8, 4) is 11.5 Å².